The van der Waals surface area contributed by atoms with Crippen LogP contribution in [0.5, 0.6) is 0 Å². The van der Waals surface area contributed by atoms with E-state index in [0.717, 1.165) is 0 Å². The summed E-state index contributed by atoms with van der Waals surface area (Å²) in [6, 6.07) is 0. The zero-order chi connectivity index (χ0) is 5.70. The molecule has 0 fully saturated rings. The Balaban J connectivity index is 2.81. The molecule has 5 nitrogen and oxygen atoms in total. The van der Waals surface area contributed by atoms with E-state index in [2.05, 4.69) is 16.8 Å². The molecule has 0 aliphatic rings. The third-order valence-corrected chi connectivity index (χ3v) is 0.234. The van der Waals surface area contributed by atoms with Gasteiger partial charge in [0.1, 0.15) is 0 Å². The second kappa shape index (κ2) is 3.54. The van der Waals surface area contributed by atoms with Gasteiger partial charge in [0.15, 0.2) is 0 Å². The van der Waals surface area contributed by atoms with Gasteiger partial charge in [0, 0.05) is 13.8 Å². The first kappa shape index (κ1) is 6.35. The summed E-state index contributed by atoms with van der Waals surface area (Å²) in [4.78, 5) is 3.99. The van der Waals surface area contributed by atoms with E-state index < -0.39 is 0 Å². The number of nitrogens with one attached hydrogen (secondary N) is 1. The van der Waals surface area contributed by atoms with E-state index in [4.69, 9.17) is 0 Å². The highest BCUT2D eigenvalue weighted by molar-refractivity contribution is 5.21. The lowest BCUT2D eigenvalue weighted by Crippen LogP contribution is -2.18. The first-order valence-electron chi connectivity index (χ1n) is 1.56. The van der Waals surface area contributed by atoms with E-state index in [1.54, 1.807) is 0 Å². The fraction of sp³-hybridized carbons (Fsp3) is 0.500. The minimum Gasteiger partial charge on any atom is -0.760 e. The maximum absolute atomic E-state index is 9.75. The van der Waals surface area contributed by atoms with Crippen LogP contribution in [-0.2, 0) is 4.94 Å². The van der Waals surface area contributed by atoms with Crippen molar-refractivity contribution in [3.63, 3.8) is 0 Å². The predicted molar refractivity (Wildman–Crippen MR) is 24.9 cm³/mol. The molecule has 1 N–H and O–H groups in total. The van der Waals surface area contributed by atoms with E-state index in [1.807, 2.05) is 5.59 Å². The minimum absolute atomic E-state index is 0.217. The molecule has 0 aromatic heterocycles. The fourth-order valence-electron chi connectivity index (χ4n) is 0.0864. The number of hydrogen-bond donors (Lipinski definition) is 1. The average Bonchev–Trinajstić information content (AvgIpc) is 1.61. The summed E-state index contributed by atoms with van der Waals surface area (Å²) in [7, 11) is 1.18. The van der Waals surface area contributed by atoms with Gasteiger partial charge in [0.05, 0.1) is 0 Å². The maximum atomic E-state index is 9.75. The number of nitrogens with zero attached hydrogens (tertiary/aromatic N) is 2. The smallest absolute Gasteiger partial charge is 0.0130 e. The van der Waals surface area contributed by atoms with Crippen molar-refractivity contribution >= 4 is 6.72 Å². The lowest BCUT2D eigenvalue weighted by atomic mass is 11.5. The summed E-state index contributed by atoms with van der Waals surface area (Å²) in [5, 5.41) is 13.0. The molecule has 5 heteroatoms. The van der Waals surface area contributed by atoms with Crippen molar-refractivity contribution in [2.75, 3.05) is 7.05 Å². The third kappa shape index (κ3) is 5.35. The Labute approximate surface area is 41.0 Å². The van der Waals surface area contributed by atoms with Crippen LogP contribution in [0.3, 0.4) is 0 Å². The molecule has 0 aromatic rings. The summed E-state index contributed by atoms with van der Waals surface area (Å²) in [5.41, 5.74) is 1.88. The molecule has 7 heavy (non-hydrogen) atoms. The normalized spacial score (nSPS) is 9.00. The molecule has 0 atom stereocenters. The number of hydrogen-bond acceptors (Lipinski definition) is 5. The van der Waals surface area contributed by atoms with Gasteiger partial charge < -0.3 is 5.21 Å². The van der Waals surface area contributed by atoms with Crippen LogP contribution in [0.2, 0.25) is 0 Å². The highest BCUT2D eigenvalue weighted by atomic mass is 17.0. The van der Waals surface area contributed by atoms with Gasteiger partial charge in [-0.1, -0.05) is 0 Å². The van der Waals surface area contributed by atoms with Gasteiger partial charge in [-0.25, -0.2) is 5.23 Å². The molecule has 0 saturated heterocycles. The minimum atomic E-state index is 0.217. The molecular formula is C2H6N3O2-. The van der Waals surface area contributed by atoms with Crippen LogP contribution in [0.1, 0.15) is 0 Å². The summed E-state index contributed by atoms with van der Waals surface area (Å²) >= 11 is 0. The van der Waals surface area contributed by atoms with Crippen LogP contribution >= 0.6 is 0 Å². The summed E-state index contributed by atoms with van der Waals surface area (Å²) < 4.78 is 0. The average molecular weight is 104 g/mol. The highest BCUT2D eigenvalue weighted by Crippen LogP contribution is 1.69. The molecule has 0 saturated carbocycles. The maximum Gasteiger partial charge on any atom is 0.0130 e. The van der Waals surface area contributed by atoms with Crippen molar-refractivity contribution in [2.24, 2.45) is 5.10 Å². The molecule has 42 valence electrons. The molecular weight excluding hydrogens is 98.0 g/mol. The van der Waals surface area contributed by atoms with E-state index in [0.29, 0.717) is 0 Å². The monoisotopic (exact) mass is 104 g/mol. The molecule has 0 amide bonds. The molecule has 0 radical (unpaired) electrons. The van der Waals surface area contributed by atoms with Crippen LogP contribution in [0, 0.1) is 5.21 Å². The van der Waals surface area contributed by atoms with E-state index in [1.165, 1.54) is 7.05 Å². The highest BCUT2D eigenvalue weighted by Gasteiger charge is 1.70. The van der Waals surface area contributed by atoms with Gasteiger partial charge in [-0.05, 0) is 0 Å². The predicted octanol–water partition coefficient (Wildman–Crippen LogP) is -0.532. The Morgan fingerprint density at radius 3 is 2.71 bits per heavy atom. The number of hydrazone groups is 1. The van der Waals surface area contributed by atoms with Crippen molar-refractivity contribution in [3.8, 4) is 0 Å². The molecule has 0 aromatic carbocycles. The topological polar surface area (TPSA) is 59.9 Å². The Bertz CT molecular complexity index is 54.9. The largest absolute Gasteiger partial charge is 0.760 e. The second-order valence-corrected chi connectivity index (χ2v) is 0.780. The standard InChI is InChI=1S/C2H6N3O2/c1-3-4-7-5(2)6/h4H,1H2,2H3/q-1. The van der Waals surface area contributed by atoms with Gasteiger partial charge in [0.25, 0.3) is 0 Å². The van der Waals surface area contributed by atoms with Crippen molar-refractivity contribution in [1.29, 1.82) is 0 Å². The quantitative estimate of drug-likeness (QED) is 0.386. The number of hydroxylamine groups is 2. The summed E-state index contributed by atoms with van der Waals surface area (Å²) in [6.07, 6.45) is 0. The molecule has 0 rings (SSSR count). The molecule has 0 spiro atoms. The summed E-state index contributed by atoms with van der Waals surface area (Å²) in [5.74, 6) is 0. The first-order chi connectivity index (χ1) is 3.27. The molecule has 0 bridgehead atoms. The lowest BCUT2D eigenvalue weighted by molar-refractivity contribution is -0.160. The lowest BCUT2D eigenvalue weighted by Gasteiger charge is -2.17. The molecule has 0 unspecified atom stereocenters. The van der Waals surface area contributed by atoms with Crippen LogP contribution in [0.15, 0.2) is 5.10 Å². The van der Waals surface area contributed by atoms with Crippen molar-refractivity contribution < 1.29 is 4.94 Å². The summed E-state index contributed by atoms with van der Waals surface area (Å²) in [6.45, 7) is 2.98. The Hall–Kier alpha value is -0.650. The van der Waals surface area contributed by atoms with Gasteiger partial charge in [-0.15, -0.1) is 0 Å². The van der Waals surface area contributed by atoms with Crippen molar-refractivity contribution in [2.45, 2.75) is 0 Å². The number of rotatable bonds is 3. The third-order valence-electron chi connectivity index (χ3n) is 0.234. The van der Waals surface area contributed by atoms with Crippen molar-refractivity contribution in [1.82, 2.24) is 10.8 Å². The van der Waals surface area contributed by atoms with Crippen LogP contribution < -0.4 is 5.59 Å². The molecule has 0 heterocycles. The zero-order valence-electron chi connectivity index (χ0n) is 3.92. The van der Waals surface area contributed by atoms with E-state index in [-0.39, 0.29) is 5.23 Å². The van der Waals surface area contributed by atoms with E-state index >= 15 is 0 Å². The van der Waals surface area contributed by atoms with Gasteiger partial charge >= 0.3 is 0 Å². The van der Waals surface area contributed by atoms with Crippen LogP contribution in [0.25, 0.3) is 0 Å². The molecule has 0 aliphatic heterocycles. The van der Waals surface area contributed by atoms with E-state index in [9.17, 15) is 5.21 Å². The fourth-order valence-corrected chi connectivity index (χ4v) is 0.0864. The zero-order valence-corrected chi connectivity index (χ0v) is 3.92. The van der Waals surface area contributed by atoms with Gasteiger partial charge in [-0.2, -0.15) is 15.6 Å². The van der Waals surface area contributed by atoms with Gasteiger partial charge in [-0.3, -0.25) is 0 Å². The van der Waals surface area contributed by atoms with Crippen LogP contribution in [0.4, 0.5) is 0 Å². The van der Waals surface area contributed by atoms with Gasteiger partial charge in [0.2, 0.25) is 0 Å². The van der Waals surface area contributed by atoms with Crippen LogP contribution in [-0.4, -0.2) is 19.0 Å². The Morgan fingerprint density at radius 1 is 2.00 bits per heavy atom. The van der Waals surface area contributed by atoms with Crippen molar-refractivity contribution in [3.05, 3.63) is 5.21 Å². The second-order valence-electron chi connectivity index (χ2n) is 0.780. The molecule has 0 aliphatic carbocycles. The Morgan fingerprint density at radius 2 is 2.57 bits per heavy atom. The Kier molecular flexibility index (Phi) is 3.21. The SMILES string of the molecule is C=NNON(C)[O-]. The first-order valence-corrected chi connectivity index (χ1v) is 1.56.